The SMILES string of the molecule is CCOC(=O)c1ccc(-c2n[nH]c3c2C(C(=O)c2c(C)ccnc2Cl)CCC3)c(F)c1. The quantitative estimate of drug-likeness (QED) is 0.340. The lowest BCUT2D eigenvalue weighted by Crippen LogP contribution is -2.20. The Balaban J connectivity index is 1.77. The fraction of sp³-hybridized carbons (Fsp3) is 0.304. The van der Waals surface area contributed by atoms with E-state index in [1.165, 1.54) is 12.1 Å². The van der Waals surface area contributed by atoms with E-state index >= 15 is 0 Å². The first-order valence-corrected chi connectivity index (χ1v) is 10.5. The minimum Gasteiger partial charge on any atom is -0.462 e. The first-order chi connectivity index (χ1) is 14.9. The number of ketones is 1. The number of Topliss-reactive ketones (excluding diaryl/α,β-unsaturated/α-hetero) is 1. The number of fused-ring (bicyclic) bond motifs is 1. The third-order valence-electron chi connectivity index (χ3n) is 5.56. The Bertz CT molecular complexity index is 1150. The van der Waals surface area contributed by atoms with Gasteiger partial charge in [0.1, 0.15) is 11.0 Å². The lowest BCUT2D eigenvalue weighted by molar-refractivity contribution is 0.0525. The molecule has 8 heteroatoms. The molecule has 31 heavy (non-hydrogen) atoms. The molecule has 0 saturated carbocycles. The highest BCUT2D eigenvalue weighted by atomic mass is 35.5. The van der Waals surface area contributed by atoms with Gasteiger partial charge in [-0.1, -0.05) is 11.6 Å². The van der Waals surface area contributed by atoms with Crippen molar-refractivity contribution in [3.63, 3.8) is 0 Å². The number of rotatable bonds is 5. The van der Waals surface area contributed by atoms with Gasteiger partial charge in [0, 0.05) is 23.0 Å². The number of H-pyrrole nitrogens is 1. The van der Waals surface area contributed by atoms with Gasteiger partial charge in [0.25, 0.3) is 0 Å². The number of hydrogen-bond donors (Lipinski definition) is 1. The molecule has 1 aromatic carbocycles. The number of halogens is 2. The highest BCUT2D eigenvalue weighted by Crippen LogP contribution is 2.41. The summed E-state index contributed by atoms with van der Waals surface area (Å²) in [6.45, 7) is 3.70. The highest BCUT2D eigenvalue weighted by Gasteiger charge is 2.34. The number of carbonyl (C=O) groups excluding carboxylic acids is 2. The maximum Gasteiger partial charge on any atom is 0.338 e. The smallest absolute Gasteiger partial charge is 0.338 e. The van der Waals surface area contributed by atoms with Gasteiger partial charge in [-0.3, -0.25) is 9.89 Å². The summed E-state index contributed by atoms with van der Waals surface area (Å²) in [6, 6.07) is 5.87. The summed E-state index contributed by atoms with van der Waals surface area (Å²) in [5, 5.41) is 7.45. The first-order valence-electron chi connectivity index (χ1n) is 10.1. The maximum atomic E-state index is 15.0. The Morgan fingerprint density at radius 3 is 2.84 bits per heavy atom. The van der Waals surface area contributed by atoms with Crippen molar-refractivity contribution in [3.05, 3.63) is 69.4 Å². The third-order valence-corrected chi connectivity index (χ3v) is 5.85. The van der Waals surface area contributed by atoms with Gasteiger partial charge >= 0.3 is 5.97 Å². The van der Waals surface area contributed by atoms with Crippen LogP contribution in [0.1, 0.15) is 63.2 Å². The molecule has 1 unspecified atom stereocenters. The number of pyridine rings is 1. The number of aromatic amines is 1. The van der Waals surface area contributed by atoms with Gasteiger partial charge in [-0.25, -0.2) is 14.2 Å². The number of nitrogens with zero attached hydrogens (tertiary/aromatic N) is 2. The second kappa shape index (κ2) is 8.59. The molecule has 0 amide bonds. The van der Waals surface area contributed by atoms with Gasteiger partial charge < -0.3 is 4.74 Å². The monoisotopic (exact) mass is 441 g/mol. The van der Waals surface area contributed by atoms with E-state index in [1.54, 1.807) is 19.2 Å². The normalized spacial score (nSPS) is 15.4. The molecule has 0 saturated heterocycles. The summed E-state index contributed by atoms with van der Waals surface area (Å²) < 4.78 is 19.9. The van der Waals surface area contributed by atoms with E-state index in [-0.39, 0.29) is 28.7 Å². The second-order valence-corrected chi connectivity index (χ2v) is 7.84. The third kappa shape index (κ3) is 3.85. The van der Waals surface area contributed by atoms with E-state index in [9.17, 15) is 14.0 Å². The van der Waals surface area contributed by atoms with E-state index in [0.29, 0.717) is 29.7 Å². The zero-order valence-electron chi connectivity index (χ0n) is 17.2. The molecular weight excluding hydrogens is 421 g/mol. The van der Waals surface area contributed by atoms with Crippen molar-refractivity contribution in [3.8, 4) is 11.3 Å². The van der Waals surface area contributed by atoms with Crippen molar-refractivity contribution in [2.24, 2.45) is 0 Å². The molecule has 0 bridgehead atoms. The fourth-order valence-corrected chi connectivity index (χ4v) is 4.39. The molecular formula is C23H21ClFN3O3. The number of ether oxygens (including phenoxy) is 1. The number of carbonyl (C=O) groups is 2. The Kier molecular flexibility index (Phi) is 5.87. The van der Waals surface area contributed by atoms with Crippen LogP contribution < -0.4 is 0 Å². The minimum atomic E-state index is -0.604. The van der Waals surface area contributed by atoms with E-state index in [0.717, 1.165) is 23.7 Å². The van der Waals surface area contributed by atoms with Crippen LogP contribution in [-0.4, -0.2) is 33.5 Å². The second-order valence-electron chi connectivity index (χ2n) is 7.48. The largest absolute Gasteiger partial charge is 0.462 e. The number of hydrogen-bond acceptors (Lipinski definition) is 5. The van der Waals surface area contributed by atoms with Crippen LogP contribution in [0.5, 0.6) is 0 Å². The molecule has 6 nitrogen and oxygen atoms in total. The lowest BCUT2D eigenvalue weighted by Gasteiger charge is -2.23. The van der Waals surface area contributed by atoms with Crippen molar-refractivity contribution in [1.29, 1.82) is 0 Å². The molecule has 1 aliphatic carbocycles. The fourth-order valence-electron chi connectivity index (χ4n) is 4.09. The molecule has 2 aromatic heterocycles. The molecule has 1 aliphatic rings. The molecule has 0 aliphatic heterocycles. The molecule has 1 N–H and O–H groups in total. The van der Waals surface area contributed by atoms with E-state index in [1.807, 2.05) is 6.92 Å². The van der Waals surface area contributed by atoms with E-state index < -0.39 is 17.7 Å². The molecule has 1 atom stereocenters. The highest BCUT2D eigenvalue weighted by molar-refractivity contribution is 6.33. The van der Waals surface area contributed by atoms with Crippen LogP contribution in [0.4, 0.5) is 4.39 Å². The van der Waals surface area contributed by atoms with Crippen LogP contribution in [0.3, 0.4) is 0 Å². The summed E-state index contributed by atoms with van der Waals surface area (Å²) in [6.07, 6.45) is 3.68. The summed E-state index contributed by atoms with van der Waals surface area (Å²) in [5.41, 5.74) is 3.33. The summed E-state index contributed by atoms with van der Waals surface area (Å²) in [7, 11) is 0. The summed E-state index contributed by atoms with van der Waals surface area (Å²) in [5.74, 6) is -1.86. The standard InChI is InChI=1S/C23H21ClFN3O3/c1-3-31-23(30)13-7-8-14(16(25)11-13)20-19-15(5-4-6-17(19)27-28-20)21(29)18-12(2)9-10-26-22(18)24/h7-11,15H,3-6H2,1-2H3,(H,27,28). The van der Waals surface area contributed by atoms with Gasteiger partial charge in [-0.2, -0.15) is 5.10 Å². The predicted molar refractivity (Wildman–Crippen MR) is 114 cm³/mol. The Morgan fingerprint density at radius 2 is 2.13 bits per heavy atom. The average Bonchev–Trinajstić information content (AvgIpc) is 3.17. The molecule has 2 heterocycles. The van der Waals surface area contributed by atoms with Crippen LogP contribution in [0.15, 0.2) is 30.5 Å². The van der Waals surface area contributed by atoms with E-state index in [2.05, 4.69) is 15.2 Å². The van der Waals surface area contributed by atoms with Gasteiger partial charge in [0.05, 0.1) is 29.3 Å². The molecule has 160 valence electrons. The summed E-state index contributed by atoms with van der Waals surface area (Å²) in [4.78, 5) is 29.4. The average molecular weight is 442 g/mol. The van der Waals surface area contributed by atoms with Crippen molar-refractivity contribution in [2.75, 3.05) is 6.61 Å². The minimum absolute atomic E-state index is 0.123. The van der Waals surface area contributed by atoms with Crippen LogP contribution in [-0.2, 0) is 11.2 Å². The lowest BCUT2D eigenvalue weighted by atomic mass is 9.79. The zero-order chi connectivity index (χ0) is 22.1. The van der Waals surface area contributed by atoms with Gasteiger partial charge in [-0.15, -0.1) is 0 Å². The molecule has 0 fully saturated rings. The Morgan fingerprint density at radius 1 is 1.32 bits per heavy atom. The first kappa shape index (κ1) is 21.2. The number of aromatic nitrogens is 3. The van der Waals surface area contributed by atoms with Crippen molar-refractivity contribution < 1.29 is 18.7 Å². The van der Waals surface area contributed by atoms with Crippen LogP contribution in [0.2, 0.25) is 5.15 Å². The number of esters is 1. The topological polar surface area (TPSA) is 84.9 Å². The Labute approximate surface area is 183 Å². The number of benzene rings is 1. The zero-order valence-corrected chi connectivity index (χ0v) is 17.9. The molecule has 4 rings (SSSR count). The number of aryl methyl sites for hydroxylation is 2. The summed E-state index contributed by atoms with van der Waals surface area (Å²) >= 11 is 6.24. The molecule has 0 radical (unpaired) electrons. The van der Waals surface area contributed by atoms with Gasteiger partial charge in [0.15, 0.2) is 5.78 Å². The maximum absolute atomic E-state index is 15.0. The predicted octanol–water partition coefficient (Wildman–Crippen LogP) is 5.05. The number of nitrogens with one attached hydrogen (secondary N) is 1. The van der Waals surface area contributed by atoms with Crippen molar-refractivity contribution in [1.82, 2.24) is 15.2 Å². The van der Waals surface area contributed by atoms with Crippen molar-refractivity contribution in [2.45, 2.75) is 39.0 Å². The van der Waals surface area contributed by atoms with Gasteiger partial charge in [-0.05, 0) is 62.9 Å². The van der Waals surface area contributed by atoms with Gasteiger partial charge in [0.2, 0.25) is 0 Å². The molecule has 0 spiro atoms. The van der Waals surface area contributed by atoms with Crippen LogP contribution in [0, 0.1) is 12.7 Å². The van der Waals surface area contributed by atoms with E-state index in [4.69, 9.17) is 16.3 Å². The Hall–Kier alpha value is -3.06. The van der Waals surface area contributed by atoms with Crippen molar-refractivity contribution >= 4 is 23.4 Å². The van der Waals surface area contributed by atoms with Crippen LogP contribution in [0.25, 0.3) is 11.3 Å². The molecule has 3 aromatic rings. The van der Waals surface area contributed by atoms with Crippen LogP contribution >= 0.6 is 11.6 Å².